The molecule has 3 heteroatoms. The van der Waals surface area contributed by atoms with Crippen LogP contribution in [0, 0.1) is 0 Å². The van der Waals surface area contributed by atoms with E-state index in [2.05, 4.69) is 5.32 Å². The molecule has 2 N–H and O–H groups in total. The summed E-state index contributed by atoms with van der Waals surface area (Å²) in [7, 11) is 0. The van der Waals surface area contributed by atoms with E-state index in [1.807, 2.05) is 12.1 Å². The molecule has 1 aliphatic heterocycles. The van der Waals surface area contributed by atoms with Crippen molar-refractivity contribution in [1.29, 1.82) is 0 Å². The molecule has 0 radical (unpaired) electrons. The van der Waals surface area contributed by atoms with Crippen molar-refractivity contribution in [2.75, 3.05) is 13.2 Å². The summed E-state index contributed by atoms with van der Waals surface area (Å²) < 4.78 is 5.68. The predicted octanol–water partition coefficient (Wildman–Crippen LogP) is 0.978. The lowest BCUT2D eigenvalue weighted by molar-refractivity contribution is 0.00503. The van der Waals surface area contributed by atoms with Gasteiger partial charge in [-0.2, -0.15) is 0 Å². The minimum absolute atomic E-state index is 0.264. The Kier molecular flexibility index (Phi) is 1.75. The average Bonchev–Trinajstić information content (AvgIpc) is 2.54. The predicted molar refractivity (Wildman–Crippen MR) is 52.3 cm³/mol. The Morgan fingerprint density at radius 1 is 1.43 bits per heavy atom. The van der Waals surface area contributed by atoms with Gasteiger partial charge in [0, 0.05) is 13.0 Å². The van der Waals surface area contributed by atoms with E-state index in [9.17, 15) is 5.11 Å². The van der Waals surface area contributed by atoms with E-state index in [-0.39, 0.29) is 6.10 Å². The highest BCUT2D eigenvalue weighted by molar-refractivity contribution is 5.41. The molecule has 0 spiro atoms. The second-order valence-electron chi connectivity index (χ2n) is 3.93. The van der Waals surface area contributed by atoms with Crippen molar-refractivity contribution in [2.24, 2.45) is 0 Å². The van der Waals surface area contributed by atoms with Gasteiger partial charge in [-0.25, -0.2) is 0 Å². The largest absolute Gasteiger partial charge is 0.508 e. The minimum Gasteiger partial charge on any atom is -0.508 e. The molecule has 3 nitrogen and oxygen atoms in total. The number of hydrogen-bond donors (Lipinski definition) is 2. The van der Waals surface area contributed by atoms with Gasteiger partial charge < -0.3 is 15.2 Å². The van der Waals surface area contributed by atoms with Crippen LogP contribution in [0.1, 0.15) is 17.2 Å². The van der Waals surface area contributed by atoms with E-state index < -0.39 is 0 Å². The van der Waals surface area contributed by atoms with Crippen LogP contribution in [0.15, 0.2) is 18.2 Å². The fourth-order valence-corrected chi connectivity index (χ4v) is 2.43. The molecule has 1 aromatic rings. The highest BCUT2D eigenvalue weighted by atomic mass is 16.5. The number of phenolic OH excluding ortho intramolecular Hbond substituents is 1. The van der Waals surface area contributed by atoms with E-state index in [0.717, 1.165) is 19.6 Å². The lowest BCUT2D eigenvalue weighted by Crippen LogP contribution is -2.39. The maximum absolute atomic E-state index is 9.37. The van der Waals surface area contributed by atoms with Crippen LogP contribution in [0.25, 0.3) is 0 Å². The molecular weight excluding hydrogens is 178 g/mol. The molecule has 0 aromatic heterocycles. The third kappa shape index (κ3) is 1.13. The molecule has 1 aliphatic carbocycles. The zero-order valence-corrected chi connectivity index (χ0v) is 7.86. The van der Waals surface area contributed by atoms with Gasteiger partial charge in [-0.3, -0.25) is 0 Å². The number of benzene rings is 1. The van der Waals surface area contributed by atoms with Crippen LogP contribution in [0.3, 0.4) is 0 Å². The quantitative estimate of drug-likeness (QED) is 0.642. The Balaban J connectivity index is 2.01. The molecule has 0 saturated carbocycles. The van der Waals surface area contributed by atoms with Crippen LogP contribution in [-0.4, -0.2) is 24.4 Å². The number of morpholine rings is 1. The van der Waals surface area contributed by atoms with E-state index in [1.54, 1.807) is 6.07 Å². The first-order chi connectivity index (χ1) is 6.84. The van der Waals surface area contributed by atoms with Crippen molar-refractivity contribution in [3.63, 3.8) is 0 Å². The molecular formula is C11H13NO2. The molecule has 74 valence electrons. The van der Waals surface area contributed by atoms with Gasteiger partial charge in [0.1, 0.15) is 5.75 Å². The van der Waals surface area contributed by atoms with Crippen molar-refractivity contribution in [3.8, 4) is 5.75 Å². The van der Waals surface area contributed by atoms with Crippen LogP contribution in [-0.2, 0) is 11.2 Å². The lowest BCUT2D eigenvalue weighted by Gasteiger charge is -2.27. The highest BCUT2D eigenvalue weighted by Crippen LogP contribution is 2.36. The molecule has 2 atom stereocenters. The second kappa shape index (κ2) is 2.97. The van der Waals surface area contributed by atoms with Crippen LogP contribution in [0.5, 0.6) is 5.75 Å². The Morgan fingerprint density at radius 3 is 3.29 bits per heavy atom. The monoisotopic (exact) mass is 191 g/mol. The summed E-state index contributed by atoms with van der Waals surface area (Å²) in [6.07, 6.45) is 1.18. The van der Waals surface area contributed by atoms with Gasteiger partial charge in [0.2, 0.25) is 0 Å². The summed E-state index contributed by atoms with van der Waals surface area (Å²) in [5.41, 5.74) is 2.50. The maximum atomic E-state index is 9.37. The van der Waals surface area contributed by atoms with Gasteiger partial charge in [-0.1, -0.05) is 6.07 Å². The van der Waals surface area contributed by atoms with Crippen LogP contribution in [0.4, 0.5) is 0 Å². The SMILES string of the molecule is Oc1ccc2c(c1)CC1OCCNC21. The summed E-state index contributed by atoms with van der Waals surface area (Å²) in [5.74, 6) is 0.349. The molecule has 1 saturated heterocycles. The van der Waals surface area contributed by atoms with E-state index in [1.165, 1.54) is 11.1 Å². The van der Waals surface area contributed by atoms with E-state index in [0.29, 0.717) is 11.8 Å². The van der Waals surface area contributed by atoms with Crippen LogP contribution >= 0.6 is 0 Å². The number of aromatic hydroxyl groups is 1. The second-order valence-corrected chi connectivity index (χ2v) is 3.93. The van der Waals surface area contributed by atoms with Crippen molar-refractivity contribution >= 4 is 0 Å². The fraction of sp³-hybridized carbons (Fsp3) is 0.455. The molecule has 1 aromatic carbocycles. The van der Waals surface area contributed by atoms with Gasteiger partial charge in [-0.05, 0) is 23.3 Å². The number of phenols is 1. The number of ether oxygens (including phenoxy) is 1. The Labute approximate surface area is 82.7 Å². The Bertz CT molecular complexity index is 364. The summed E-state index contributed by atoms with van der Waals surface area (Å²) in [6, 6.07) is 5.92. The van der Waals surface area contributed by atoms with Gasteiger partial charge in [0.05, 0.1) is 18.8 Å². The van der Waals surface area contributed by atoms with E-state index >= 15 is 0 Å². The Hall–Kier alpha value is -1.06. The zero-order chi connectivity index (χ0) is 9.54. The molecule has 14 heavy (non-hydrogen) atoms. The summed E-state index contributed by atoms with van der Waals surface area (Å²) in [6.45, 7) is 1.71. The molecule has 0 amide bonds. The number of rotatable bonds is 0. The minimum atomic E-state index is 0.264. The molecule has 1 fully saturated rings. The first-order valence-corrected chi connectivity index (χ1v) is 5.01. The maximum Gasteiger partial charge on any atom is 0.115 e. The summed E-state index contributed by atoms with van der Waals surface area (Å²) in [4.78, 5) is 0. The third-order valence-electron chi connectivity index (χ3n) is 3.05. The van der Waals surface area contributed by atoms with Gasteiger partial charge in [-0.15, -0.1) is 0 Å². The molecule has 0 bridgehead atoms. The summed E-state index contributed by atoms with van der Waals surface area (Å²) in [5, 5.41) is 12.8. The summed E-state index contributed by atoms with van der Waals surface area (Å²) >= 11 is 0. The fourth-order valence-electron chi connectivity index (χ4n) is 2.43. The first-order valence-electron chi connectivity index (χ1n) is 5.01. The first kappa shape index (κ1) is 8.26. The molecule has 3 rings (SSSR count). The van der Waals surface area contributed by atoms with Crippen molar-refractivity contribution in [1.82, 2.24) is 5.32 Å². The molecule has 2 aliphatic rings. The third-order valence-corrected chi connectivity index (χ3v) is 3.05. The van der Waals surface area contributed by atoms with Crippen molar-refractivity contribution in [3.05, 3.63) is 29.3 Å². The standard InChI is InChI=1S/C11H13NO2/c13-8-1-2-9-7(5-8)6-10-11(9)12-3-4-14-10/h1-2,5,10-13H,3-4,6H2. The van der Waals surface area contributed by atoms with Crippen molar-refractivity contribution in [2.45, 2.75) is 18.6 Å². The average molecular weight is 191 g/mol. The van der Waals surface area contributed by atoms with Crippen LogP contribution in [0.2, 0.25) is 0 Å². The number of hydrogen-bond acceptors (Lipinski definition) is 3. The van der Waals surface area contributed by atoms with Crippen molar-refractivity contribution < 1.29 is 9.84 Å². The molecule has 1 heterocycles. The van der Waals surface area contributed by atoms with Gasteiger partial charge in [0.15, 0.2) is 0 Å². The number of fused-ring (bicyclic) bond motifs is 3. The Morgan fingerprint density at radius 2 is 2.36 bits per heavy atom. The highest BCUT2D eigenvalue weighted by Gasteiger charge is 2.34. The number of nitrogens with one attached hydrogen (secondary N) is 1. The normalized spacial score (nSPS) is 29.7. The van der Waals surface area contributed by atoms with Gasteiger partial charge in [0.25, 0.3) is 0 Å². The smallest absolute Gasteiger partial charge is 0.115 e. The molecule has 2 unspecified atom stereocenters. The lowest BCUT2D eigenvalue weighted by atomic mass is 10.1. The topological polar surface area (TPSA) is 41.5 Å². The zero-order valence-electron chi connectivity index (χ0n) is 7.86. The van der Waals surface area contributed by atoms with Gasteiger partial charge >= 0.3 is 0 Å². The van der Waals surface area contributed by atoms with Crippen LogP contribution < -0.4 is 5.32 Å². The van der Waals surface area contributed by atoms with E-state index in [4.69, 9.17) is 4.74 Å².